The minimum Gasteiger partial charge on any atom is -0.352 e. The van der Waals surface area contributed by atoms with E-state index in [9.17, 15) is 4.79 Å². The van der Waals surface area contributed by atoms with Gasteiger partial charge in [-0.3, -0.25) is 4.79 Å². The maximum Gasteiger partial charge on any atom is 0.254 e. The van der Waals surface area contributed by atoms with Crippen LogP contribution in [0.4, 0.5) is 0 Å². The van der Waals surface area contributed by atoms with Crippen molar-refractivity contribution in [1.82, 2.24) is 15.2 Å². The zero-order valence-electron chi connectivity index (χ0n) is 12.2. The summed E-state index contributed by atoms with van der Waals surface area (Å²) in [7, 11) is 0. The first-order valence-corrected chi connectivity index (χ1v) is 8.55. The number of piperidine rings is 1. The highest BCUT2D eigenvalue weighted by molar-refractivity contribution is 9.10. The molecule has 21 heavy (non-hydrogen) atoms. The summed E-state index contributed by atoms with van der Waals surface area (Å²) in [4.78, 5) is 18.5. The maximum atomic E-state index is 12.0. The van der Waals surface area contributed by atoms with Gasteiger partial charge in [-0.05, 0) is 66.8 Å². The first kappa shape index (κ1) is 16.7. The largest absolute Gasteiger partial charge is 0.352 e. The third kappa shape index (κ3) is 5.24. The van der Waals surface area contributed by atoms with Crippen LogP contribution >= 0.6 is 27.5 Å². The maximum absolute atomic E-state index is 12.0. The smallest absolute Gasteiger partial charge is 0.254 e. The van der Waals surface area contributed by atoms with E-state index in [4.69, 9.17) is 11.6 Å². The third-order valence-electron chi connectivity index (χ3n) is 3.86. The number of halogens is 2. The zero-order valence-corrected chi connectivity index (χ0v) is 14.6. The van der Waals surface area contributed by atoms with Crippen LogP contribution in [0.3, 0.4) is 0 Å². The van der Waals surface area contributed by atoms with Gasteiger partial charge in [-0.15, -0.1) is 0 Å². The highest BCUT2D eigenvalue weighted by Crippen LogP contribution is 2.18. The van der Waals surface area contributed by atoms with Crippen molar-refractivity contribution in [2.24, 2.45) is 5.92 Å². The molecule has 0 bridgehead atoms. The van der Waals surface area contributed by atoms with Gasteiger partial charge in [0.2, 0.25) is 0 Å². The molecule has 0 aromatic carbocycles. The second-order valence-corrected chi connectivity index (χ2v) is 6.90. The monoisotopic (exact) mass is 373 g/mol. The van der Waals surface area contributed by atoms with Gasteiger partial charge in [0.1, 0.15) is 5.15 Å². The van der Waals surface area contributed by atoms with E-state index in [0.29, 0.717) is 12.1 Å². The molecule has 4 nitrogen and oxygen atoms in total. The van der Waals surface area contributed by atoms with Crippen LogP contribution in [-0.2, 0) is 0 Å². The molecule has 1 aromatic rings. The number of hydrogen-bond acceptors (Lipinski definition) is 3. The molecule has 0 atom stereocenters. The van der Waals surface area contributed by atoms with Gasteiger partial charge in [-0.1, -0.05) is 18.5 Å². The fraction of sp³-hybridized carbons (Fsp3) is 0.600. The quantitative estimate of drug-likeness (QED) is 0.635. The molecule has 0 spiro atoms. The average molecular weight is 375 g/mol. The number of amides is 1. The SMILES string of the molecule is CC1CCN(CCCNC(=O)c2cc(Br)cnc2Cl)CC1. The summed E-state index contributed by atoms with van der Waals surface area (Å²) in [6, 6.07) is 1.69. The lowest BCUT2D eigenvalue weighted by molar-refractivity contribution is 0.0950. The minimum atomic E-state index is -0.166. The van der Waals surface area contributed by atoms with Gasteiger partial charge in [-0.25, -0.2) is 4.98 Å². The van der Waals surface area contributed by atoms with E-state index in [-0.39, 0.29) is 11.1 Å². The molecule has 0 unspecified atom stereocenters. The van der Waals surface area contributed by atoms with Gasteiger partial charge in [0.15, 0.2) is 0 Å². The van der Waals surface area contributed by atoms with Crippen molar-refractivity contribution >= 4 is 33.4 Å². The van der Waals surface area contributed by atoms with Crippen molar-refractivity contribution in [3.05, 3.63) is 27.5 Å². The first-order chi connectivity index (χ1) is 10.1. The molecule has 1 N–H and O–H groups in total. The van der Waals surface area contributed by atoms with Crippen LogP contribution in [0.2, 0.25) is 5.15 Å². The van der Waals surface area contributed by atoms with Gasteiger partial charge in [-0.2, -0.15) is 0 Å². The van der Waals surface area contributed by atoms with Crippen LogP contribution in [0.25, 0.3) is 0 Å². The highest BCUT2D eigenvalue weighted by Gasteiger charge is 2.15. The van der Waals surface area contributed by atoms with Gasteiger partial charge in [0, 0.05) is 17.2 Å². The highest BCUT2D eigenvalue weighted by atomic mass is 79.9. The summed E-state index contributed by atoms with van der Waals surface area (Å²) in [5, 5.41) is 3.14. The Morgan fingerprint density at radius 2 is 2.24 bits per heavy atom. The summed E-state index contributed by atoms with van der Waals surface area (Å²) in [6.45, 7) is 6.37. The summed E-state index contributed by atoms with van der Waals surface area (Å²) >= 11 is 9.23. The van der Waals surface area contributed by atoms with Gasteiger partial charge in [0.05, 0.1) is 5.56 Å². The second-order valence-electron chi connectivity index (χ2n) is 5.63. The Labute approximate surface area is 139 Å². The van der Waals surface area contributed by atoms with E-state index in [1.807, 2.05) is 0 Å². The van der Waals surface area contributed by atoms with Crippen molar-refractivity contribution < 1.29 is 4.79 Å². The lowest BCUT2D eigenvalue weighted by Crippen LogP contribution is -2.35. The Kier molecular flexibility index (Phi) is 6.45. The van der Waals surface area contributed by atoms with E-state index in [1.54, 1.807) is 12.3 Å². The Morgan fingerprint density at radius 1 is 1.52 bits per heavy atom. The van der Waals surface area contributed by atoms with E-state index >= 15 is 0 Å². The van der Waals surface area contributed by atoms with Gasteiger partial charge < -0.3 is 10.2 Å². The van der Waals surface area contributed by atoms with Crippen LogP contribution < -0.4 is 5.32 Å². The Morgan fingerprint density at radius 3 is 2.95 bits per heavy atom. The molecule has 1 fully saturated rings. The Hall–Kier alpha value is -0.650. The summed E-state index contributed by atoms with van der Waals surface area (Å²) in [6.07, 6.45) is 5.10. The number of nitrogens with zero attached hydrogens (tertiary/aromatic N) is 2. The van der Waals surface area contributed by atoms with E-state index in [2.05, 4.69) is 38.1 Å². The predicted octanol–water partition coefficient (Wildman–Crippen LogP) is 3.35. The minimum absolute atomic E-state index is 0.166. The van der Waals surface area contributed by atoms with Crippen LogP contribution in [0, 0.1) is 5.92 Å². The second kappa shape index (κ2) is 8.11. The number of carbonyl (C=O) groups is 1. The first-order valence-electron chi connectivity index (χ1n) is 7.38. The van der Waals surface area contributed by atoms with Gasteiger partial charge >= 0.3 is 0 Å². The summed E-state index contributed by atoms with van der Waals surface area (Å²) in [5.74, 6) is 0.688. The molecule has 0 radical (unpaired) electrons. The number of rotatable bonds is 5. The number of nitrogens with one attached hydrogen (secondary N) is 1. The summed E-state index contributed by atoms with van der Waals surface area (Å²) in [5.41, 5.74) is 0.415. The molecule has 1 aliphatic rings. The normalized spacial score (nSPS) is 16.9. The van der Waals surface area contributed by atoms with Crippen LogP contribution in [0.1, 0.15) is 36.5 Å². The lowest BCUT2D eigenvalue weighted by atomic mass is 9.99. The topological polar surface area (TPSA) is 45.2 Å². The van der Waals surface area contributed by atoms with Crippen molar-refractivity contribution in [3.8, 4) is 0 Å². The number of aromatic nitrogens is 1. The van der Waals surface area contributed by atoms with E-state index in [0.717, 1.165) is 23.4 Å². The van der Waals surface area contributed by atoms with Crippen LogP contribution in [-0.4, -0.2) is 42.0 Å². The molecule has 2 heterocycles. The standard InChI is InChI=1S/C15H21BrClN3O/c1-11-3-7-20(8-4-11)6-2-5-18-15(21)13-9-12(16)10-19-14(13)17/h9-11H,2-8H2,1H3,(H,18,21). The predicted molar refractivity (Wildman–Crippen MR) is 88.7 cm³/mol. The van der Waals surface area contributed by atoms with E-state index < -0.39 is 0 Å². The Balaban J connectivity index is 1.71. The van der Waals surface area contributed by atoms with Crippen LogP contribution in [0.15, 0.2) is 16.7 Å². The van der Waals surface area contributed by atoms with E-state index in [1.165, 1.54) is 25.9 Å². The molecule has 2 rings (SSSR count). The zero-order chi connectivity index (χ0) is 15.2. The molecule has 0 aliphatic carbocycles. The molecule has 1 saturated heterocycles. The number of hydrogen-bond donors (Lipinski definition) is 1. The molecular weight excluding hydrogens is 354 g/mol. The molecular formula is C15H21BrClN3O. The fourth-order valence-electron chi connectivity index (χ4n) is 2.47. The van der Waals surface area contributed by atoms with Crippen molar-refractivity contribution in [3.63, 3.8) is 0 Å². The molecule has 1 aromatic heterocycles. The van der Waals surface area contributed by atoms with Crippen LogP contribution in [0.5, 0.6) is 0 Å². The molecule has 6 heteroatoms. The fourth-order valence-corrected chi connectivity index (χ4v) is 2.99. The van der Waals surface area contributed by atoms with Gasteiger partial charge in [0.25, 0.3) is 5.91 Å². The van der Waals surface area contributed by atoms with Crippen molar-refractivity contribution in [2.45, 2.75) is 26.2 Å². The molecule has 0 saturated carbocycles. The van der Waals surface area contributed by atoms with Crippen molar-refractivity contribution in [2.75, 3.05) is 26.2 Å². The molecule has 1 aliphatic heterocycles. The lowest BCUT2D eigenvalue weighted by Gasteiger charge is -2.30. The third-order valence-corrected chi connectivity index (χ3v) is 4.60. The summed E-state index contributed by atoms with van der Waals surface area (Å²) < 4.78 is 0.750. The number of pyridine rings is 1. The average Bonchev–Trinajstić information content (AvgIpc) is 2.47. The number of likely N-dealkylation sites (tertiary alicyclic amines) is 1. The molecule has 1 amide bonds. The van der Waals surface area contributed by atoms with Crippen molar-refractivity contribution in [1.29, 1.82) is 0 Å². The molecule has 116 valence electrons. The number of carbonyl (C=O) groups excluding carboxylic acids is 1. The Bertz CT molecular complexity index is 490.